The maximum absolute atomic E-state index is 11.0. The molecule has 78 valence electrons. The highest BCUT2D eigenvalue weighted by Crippen LogP contribution is 2.07. The fourth-order valence-corrected chi connectivity index (χ4v) is 1.58. The molecule has 1 N–H and O–H groups in total. The molecule has 15 heavy (non-hydrogen) atoms. The Hall–Kier alpha value is -1.68. The number of hydrogen-bond donors (Lipinski definition) is 0. The summed E-state index contributed by atoms with van der Waals surface area (Å²) in [6.45, 7) is 1.15. The summed E-state index contributed by atoms with van der Waals surface area (Å²) in [5.74, 6) is -0.628. The van der Waals surface area contributed by atoms with Gasteiger partial charge in [0.2, 0.25) is 0 Å². The lowest BCUT2D eigenvalue weighted by Crippen LogP contribution is -2.42. The first kappa shape index (κ1) is 9.86. The molecule has 0 atom stereocenters. The summed E-state index contributed by atoms with van der Waals surface area (Å²) < 4.78 is 4.55. The number of hydrogen-bond acceptors (Lipinski definition) is 3. The quantitative estimate of drug-likeness (QED) is 0.403. The number of rotatable bonds is 2. The molecule has 4 heteroatoms. The molecule has 1 heterocycles. The summed E-state index contributed by atoms with van der Waals surface area (Å²) in [6, 6.07) is 9.80. The number of carbonyl (C=O) groups excluding carboxylic acids is 2. The minimum atomic E-state index is -0.408. The van der Waals surface area contributed by atoms with Crippen LogP contribution in [0, 0.1) is 0 Å². The second-order valence-electron chi connectivity index (χ2n) is 3.50. The van der Waals surface area contributed by atoms with Gasteiger partial charge in [-0.25, -0.2) is 9.53 Å². The van der Waals surface area contributed by atoms with Crippen molar-refractivity contribution in [1.29, 1.82) is 0 Å². The van der Waals surface area contributed by atoms with Gasteiger partial charge in [-0.05, 0) is 5.56 Å². The van der Waals surface area contributed by atoms with Crippen LogP contribution in [0.5, 0.6) is 0 Å². The molecule has 0 radical (unpaired) electrons. The van der Waals surface area contributed by atoms with Crippen LogP contribution in [0.15, 0.2) is 30.3 Å². The van der Waals surface area contributed by atoms with E-state index in [1.54, 1.807) is 0 Å². The van der Waals surface area contributed by atoms with Crippen molar-refractivity contribution in [2.24, 2.45) is 0 Å². The zero-order chi connectivity index (χ0) is 10.7. The van der Waals surface area contributed by atoms with Crippen LogP contribution in [0.2, 0.25) is 0 Å². The molecule has 1 aromatic rings. The van der Waals surface area contributed by atoms with Crippen LogP contribution in [-0.4, -0.2) is 34.7 Å². The Bertz CT molecular complexity index is 359. The maximum Gasteiger partial charge on any atom is 0.506 e. The largest absolute Gasteiger partial charge is 0.506 e. The number of carbonyl (C=O) groups is 1. The van der Waals surface area contributed by atoms with Gasteiger partial charge in [0.15, 0.2) is 6.54 Å². The van der Waals surface area contributed by atoms with Gasteiger partial charge in [-0.1, -0.05) is 30.3 Å². The molecule has 1 saturated heterocycles. The lowest BCUT2D eigenvalue weighted by molar-refractivity contribution is -0.139. The minimum Gasteiger partial charge on any atom is -0.338 e. The highest BCUT2D eigenvalue weighted by molar-refractivity contribution is 5.90. The molecule has 0 amide bonds. The molecule has 2 rings (SSSR count). The predicted molar refractivity (Wildman–Crippen MR) is 54.8 cm³/mol. The van der Waals surface area contributed by atoms with Crippen LogP contribution >= 0.6 is 0 Å². The topological polar surface area (TPSA) is 50.9 Å². The first-order valence-corrected chi connectivity index (χ1v) is 4.76. The Balaban J connectivity index is 2.00. The number of cyclic esters (lactones) is 2. The molecule has 0 aliphatic carbocycles. The second-order valence-corrected chi connectivity index (χ2v) is 3.50. The molecule has 4 nitrogen and oxygen atoms in total. The van der Waals surface area contributed by atoms with Gasteiger partial charge < -0.3 is 4.79 Å². The third-order valence-corrected chi connectivity index (χ3v) is 2.19. The van der Waals surface area contributed by atoms with Crippen molar-refractivity contribution in [3.8, 4) is 0 Å². The van der Waals surface area contributed by atoms with Gasteiger partial charge in [-0.15, -0.1) is 0 Å². The normalized spacial score (nSPS) is 17.6. The van der Waals surface area contributed by atoms with Gasteiger partial charge in [-0.2, -0.15) is 0 Å². The summed E-state index contributed by atoms with van der Waals surface area (Å²) in [4.78, 5) is 22.0. The van der Waals surface area contributed by atoms with E-state index in [9.17, 15) is 4.79 Å². The molecule has 1 aromatic carbocycles. The average Bonchev–Trinajstić information content (AvgIpc) is 2.17. The third kappa shape index (κ3) is 2.63. The predicted octanol–water partition coefficient (Wildman–Crippen LogP) is 0.548. The van der Waals surface area contributed by atoms with E-state index in [1.807, 2.05) is 35.2 Å². The Morgan fingerprint density at radius 3 is 2.67 bits per heavy atom. The van der Waals surface area contributed by atoms with Crippen LogP contribution < -0.4 is 0 Å². The van der Waals surface area contributed by atoms with E-state index >= 15 is 0 Å². The van der Waals surface area contributed by atoms with E-state index in [-0.39, 0.29) is 12.5 Å². The second kappa shape index (κ2) is 4.23. The first-order chi connectivity index (χ1) is 7.24. The van der Waals surface area contributed by atoms with E-state index in [2.05, 4.69) is 4.74 Å². The maximum atomic E-state index is 11.0. The molecule has 1 aliphatic heterocycles. The summed E-state index contributed by atoms with van der Waals surface area (Å²) >= 11 is 0. The highest BCUT2D eigenvalue weighted by Gasteiger charge is 2.32. The van der Waals surface area contributed by atoms with Crippen LogP contribution in [0.25, 0.3) is 0 Å². The molecule has 0 saturated carbocycles. The summed E-state index contributed by atoms with van der Waals surface area (Å²) in [5, 5.41) is 0. The van der Waals surface area contributed by atoms with E-state index in [0.29, 0.717) is 13.1 Å². The lowest BCUT2D eigenvalue weighted by Gasteiger charge is -2.19. The number of benzene rings is 1. The van der Waals surface area contributed by atoms with Gasteiger partial charge in [0.25, 0.3) is 0 Å². The van der Waals surface area contributed by atoms with Gasteiger partial charge in [0.05, 0.1) is 0 Å². The number of ether oxygens (including phenoxy) is 1. The Kier molecular flexibility index (Phi) is 2.78. The van der Waals surface area contributed by atoms with Crippen LogP contribution in [0.3, 0.4) is 0 Å². The number of nitrogens with zero attached hydrogens (tertiary/aromatic N) is 1. The fraction of sp³-hybridized carbons (Fsp3) is 0.273. The SMILES string of the molecule is O=C1CN(Cc2ccccc2)CC(=[OH+])O1. The molecule has 1 fully saturated rings. The standard InChI is InChI=1S/C11H11NO3/c13-10-7-12(8-11(14)15-10)6-9-4-2-1-3-5-9/h1-5H,6-8H2/p+1. The van der Waals surface area contributed by atoms with Crippen molar-refractivity contribution in [3.63, 3.8) is 0 Å². The minimum absolute atomic E-state index is 0.220. The van der Waals surface area contributed by atoms with Crippen LogP contribution in [0.4, 0.5) is 0 Å². The fourth-order valence-electron chi connectivity index (χ4n) is 1.58. The van der Waals surface area contributed by atoms with Crippen molar-refractivity contribution < 1.29 is 14.3 Å². The Morgan fingerprint density at radius 1 is 1.27 bits per heavy atom. The highest BCUT2D eigenvalue weighted by atomic mass is 16.6. The molecule has 0 aromatic heterocycles. The Labute approximate surface area is 87.4 Å². The summed E-state index contributed by atoms with van der Waals surface area (Å²) in [6.07, 6.45) is 0. The first-order valence-electron chi connectivity index (χ1n) is 4.76. The van der Waals surface area contributed by atoms with Crippen molar-refractivity contribution in [2.45, 2.75) is 6.54 Å². The van der Waals surface area contributed by atoms with Crippen LogP contribution in [-0.2, 0) is 16.1 Å². The van der Waals surface area contributed by atoms with E-state index in [4.69, 9.17) is 4.79 Å². The molecule has 0 bridgehead atoms. The zero-order valence-electron chi connectivity index (χ0n) is 8.22. The zero-order valence-corrected chi connectivity index (χ0v) is 8.22. The summed E-state index contributed by atoms with van der Waals surface area (Å²) in [7, 11) is 0. The van der Waals surface area contributed by atoms with Gasteiger partial charge in [0, 0.05) is 6.54 Å². The average molecular weight is 206 g/mol. The van der Waals surface area contributed by atoms with Gasteiger partial charge in [-0.3, -0.25) is 4.90 Å². The monoisotopic (exact) mass is 206 g/mol. The van der Waals surface area contributed by atoms with Crippen molar-refractivity contribution in [2.75, 3.05) is 13.1 Å². The summed E-state index contributed by atoms with van der Waals surface area (Å²) in [5.41, 5.74) is 1.11. The van der Waals surface area contributed by atoms with Gasteiger partial charge in [0.1, 0.15) is 6.54 Å². The van der Waals surface area contributed by atoms with E-state index in [0.717, 1.165) is 5.56 Å². The Morgan fingerprint density at radius 2 is 2.00 bits per heavy atom. The molecule has 0 spiro atoms. The lowest BCUT2D eigenvalue weighted by atomic mass is 10.2. The smallest absolute Gasteiger partial charge is 0.338 e. The van der Waals surface area contributed by atoms with Crippen LogP contribution in [0.1, 0.15) is 5.56 Å². The van der Waals surface area contributed by atoms with E-state index < -0.39 is 5.97 Å². The molecule has 0 unspecified atom stereocenters. The van der Waals surface area contributed by atoms with Crippen molar-refractivity contribution >= 4 is 11.9 Å². The number of morpholine rings is 1. The number of esters is 2. The van der Waals surface area contributed by atoms with Crippen molar-refractivity contribution in [3.05, 3.63) is 35.9 Å². The molecular formula is C11H12NO3+. The molecule has 1 aliphatic rings. The third-order valence-electron chi connectivity index (χ3n) is 2.19. The molecular weight excluding hydrogens is 194 g/mol. The van der Waals surface area contributed by atoms with Crippen molar-refractivity contribution in [1.82, 2.24) is 4.90 Å². The van der Waals surface area contributed by atoms with Gasteiger partial charge >= 0.3 is 11.9 Å². The van der Waals surface area contributed by atoms with E-state index in [1.165, 1.54) is 0 Å².